The summed E-state index contributed by atoms with van der Waals surface area (Å²) >= 11 is 0. The van der Waals surface area contributed by atoms with Crippen molar-refractivity contribution in [3.05, 3.63) is 24.2 Å². The van der Waals surface area contributed by atoms with Gasteiger partial charge >= 0.3 is 0 Å². The zero-order chi connectivity index (χ0) is 16.1. The largest absolute Gasteiger partial charge is 0.381 e. The number of ether oxygens (including phenoxy) is 1. The third-order valence-corrected chi connectivity index (χ3v) is 5.01. The van der Waals surface area contributed by atoms with Gasteiger partial charge in [0, 0.05) is 25.3 Å². The van der Waals surface area contributed by atoms with Gasteiger partial charge in [-0.15, -0.1) is 0 Å². The highest BCUT2D eigenvalue weighted by Gasteiger charge is 2.30. The van der Waals surface area contributed by atoms with Gasteiger partial charge < -0.3 is 15.0 Å². The van der Waals surface area contributed by atoms with Crippen LogP contribution in [0.15, 0.2) is 18.6 Å². The summed E-state index contributed by atoms with van der Waals surface area (Å²) in [6, 6.07) is 0. The maximum atomic E-state index is 12.0. The highest BCUT2D eigenvalue weighted by atomic mass is 16.5. The molecule has 2 aliphatic rings. The van der Waals surface area contributed by atoms with Gasteiger partial charge in [0.05, 0.1) is 17.9 Å². The molecule has 24 heavy (non-hydrogen) atoms. The average Bonchev–Trinajstić information content (AvgIpc) is 3.24. The Labute approximate surface area is 138 Å². The molecule has 0 radical (unpaired) electrons. The summed E-state index contributed by atoms with van der Waals surface area (Å²) in [5, 5.41) is 2.92. The van der Waals surface area contributed by atoms with Crippen LogP contribution in [0, 0.1) is 5.92 Å². The van der Waals surface area contributed by atoms with E-state index in [9.17, 15) is 4.79 Å². The van der Waals surface area contributed by atoms with Crippen LogP contribution in [-0.2, 0) is 9.53 Å². The number of carbonyl (C=O) groups is 1. The number of anilines is 1. The van der Waals surface area contributed by atoms with Gasteiger partial charge in [-0.3, -0.25) is 9.20 Å². The number of aromatic nitrogens is 4. The van der Waals surface area contributed by atoms with Crippen molar-refractivity contribution in [1.29, 1.82) is 0 Å². The molecule has 1 aliphatic heterocycles. The van der Waals surface area contributed by atoms with E-state index in [4.69, 9.17) is 4.74 Å². The molecule has 0 spiro atoms. The lowest BCUT2D eigenvalue weighted by Crippen LogP contribution is -2.14. The zero-order valence-electron chi connectivity index (χ0n) is 13.3. The Balaban J connectivity index is 1.58. The number of hydrogen-bond acceptors (Lipinski definition) is 4. The molecule has 3 aromatic rings. The fourth-order valence-corrected chi connectivity index (χ4v) is 3.51. The van der Waals surface area contributed by atoms with Crippen molar-refractivity contribution < 1.29 is 9.53 Å². The van der Waals surface area contributed by atoms with Crippen molar-refractivity contribution >= 4 is 28.5 Å². The maximum absolute atomic E-state index is 12.0. The number of rotatable bonds is 3. The summed E-state index contributed by atoms with van der Waals surface area (Å²) in [6.07, 6.45) is 9.69. The number of H-pyrrole nitrogens is 1. The third kappa shape index (κ3) is 2.27. The average molecular weight is 325 g/mol. The summed E-state index contributed by atoms with van der Waals surface area (Å²) in [7, 11) is 0. The second kappa shape index (κ2) is 5.31. The highest BCUT2D eigenvalue weighted by molar-refractivity contribution is 5.93. The van der Waals surface area contributed by atoms with Gasteiger partial charge in [0.15, 0.2) is 17.1 Å². The maximum Gasteiger partial charge on any atom is 0.228 e. The molecule has 124 valence electrons. The normalized spacial score (nSPS) is 19.2. The summed E-state index contributed by atoms with van der Waals surface area (Å²) in [5.74, 6) is 1.30. The summed E-state index contributed by atoms with van der Waals surface area (Å²) in [5.41, 5.74) is 3.91. The van der Waals surface area contributed by atoms with E-state index in [0.29, 0.717) is 11.7 Å². The lowest BCUT2D eigenvalue weighted by Gasteiger charge is -2.21. The molecule has 2 N–H and O–H groups in total. The second-order valence-electron chi connectivity index (χ2n) is 6.70. The minimum Gasteiger partial charge on any atom is -0.381 e. The number of amides is 1. The number of aromatic amines is 1. The first-order chi connectivity index (χ1) is 11.8. The Morgan fingerprint density at radius 2 is 2.12 bits per heavy atom. The molecular weight excluding hydrogens is 306 g/mol. The van der Waals surface area contributed by atoms with Crippen molar-refractivity contribution in [2.75, 3.05) is 18.5 Å². The SMILES string of the molecule is O=C(Nc1cn2c(cnc3[nH]cc(C4CCOCC4)c32)n1)C1CC1. The monoisotopic (exact) mass is 325 g/mol. The lowest BCUT2D eigenvalue weighted by molar-refractivity contribution is -0.117. The minimum absolute atomic E-state index is 0.0707. The minimum atomic E-state index is 0.0707. The Bertz CT molecular complexity index is 918. The van der Waals surface area contributed by atoms with Crippen molar-refractivity contribution in [1.82, 2.24) is 19.4 Å². The van der Waals surface area contributed by atoms with Crippen molar-refractivity contribution in [3.63, 3.8) is 0 Å². The topological polar surface area (TPSA) is 84.3 Å². The fraction of sp³-hybridized carbons (Fsp3) is 0.471. The number of nitrogens with zero attached hydrogens (tertiary/aromatic N) is 3. The first-order valence-electron chi connectivity index (χ1n) is 8.53. The zero-order valence-corrected chi connectivity index (χ0v) is 13.3. The van der Waals surface area contributed by atoms with Gasteiger partial charge in [0.1, 0.15) is 0 Å². The van der Waals surface area contributed by atoms with E-state index < -0.39 is 0 Å². The van der Waals surface area contributed by atoms with Crippen LogP contribution in [0.4, 0.5) is 5.82 Å². The predicted molar refractivity (Wildman–Crippen MR) is 89.0 cm³/mol. The van der Waals surface area contributed by atoms with E-state index in [-0.39, 0.29) is 11.8 Å². The van der Waals surface area contributed by atoms with E-state index in [1.807, 2.05) is 10.6 Å². The smallest absolute Gasteiger partial charge is 0.228 e. The van der Waals surface area contributed by atoms with Crippen LogP contribution in [0.3, 0.4) is 0 Å². The van der Waals surface area contributed by atoms with E-state index in [2.05, 4.69) is 26.5 Å². The van der Waals surface area contributed by atoms with Gasteiger partial charge in [-0.1, -0.05) is 0 Å². The van der Waals surface area contributed by atoms with Crippen molar-refractivity contribution in [3.8, 4) is 0 Å². The highest BCUT2D eigenvalue weighted by Crippen LogP contribution is 2.33. The molecule has 3 aromatic heterocycles. The number of fused-ring (bicyclic) bond motifs is 3. The summed E-state index contributed by atoms with van der Waals surface area (Å²) in [6.45, 7) is 1.60. The van der Waals surface area contributed by atoms with Gasteiger partial charge in [-0.25, -0.2) is 9.97 Å². The molecule has 1 amide bonds. The number of imidazole rings is 1. The molecule has 0 aromatic carbocycles. The molecule has 1 saturated carbocycles. The van der Waals surface area contributed by atoms with Crippen LogP contribution in [0.2, 0.25) is 0 Å². The summed E-state index contributed by atoms with van der Waals surface area (Å²) < 4.78 is 7.51. The Hall–Kier alpha value is -2.41. The first kappa shape index (κ1) is 14.0. The molecule has 0 unspecified atom stereocenters. The van der Waals surface area contributed by atoms with E-state index in [1.165, 1.54) is 5.56 Å². The van der Waals surface area contributed by atoms with Crippen LogP contribution in [0.25, 0.3) is 16.8 Å². The van der Waals surface area contributed by atoms with E-state index >= 15 is 0 Å². The van der Waals surface area contributed by atoms with Crippen LogP contribution in [0.5, 0.6) is 0 Å². The predicted octanol–water partition coefficient (Wildman–Crippen LogP) is 2.45. The standard InChI is InChI=1S/C17H19N5O2/c23-17(11-1-2-11)21-13-9-22-14(20-13)8-19-16-15(22)12(7-18-16)10-3-5-24-6-4-10/h7-11,18H,1-6H2,(H,21,23). The van der Waals surface area contributed by atoms with E-state index in [1.54, 1.807) is 6.20 Å². The van der Waals surface area contributed by atoms with Crippen molar-refractivity contribution in [2.45, 2.75) is 31.6 Å². The molecule has 0 bridgehead atoms. The van der Waals surface area contributed by atoms with Crippen LogP contribution in [0.1, 0.15) is 37.2 Å². The van der Waals surface area contributed by atoms with Crippen LogP contribution >= 0.6 is 0 Å². The third-order valence-electron chi connectivity index (χ3n) is 5.01. The first-order valence-corrected chi connectivity index (χ1v) is 8.53. The van der Waals surface area contributed by atoms with Gasteiger partial charge in [-0.2, -0.15) is 0 Å². The molecule has 5 rings (SSSR count). The van der Waals surface area contributed by atoms with Gasteiger partial charge in [0.2, 0.25) is 5.91 Å². The second-order valence-corrected chi connectivity index (χ2v) is 6.70. The molecule has 1 saturated heterocycles. The molecule has 7 heteroatoms. The van der Waals surface area contributed by atoms with Gasteiger partial charge in [-0.05, 0) is 37.2 Å². The van der Waals surface area contributed by atoms with Crippen molar-refractivity contribution in [2.24, 2.45) is 5.92 Å². The van der Waals surface area contributed by atoms with Crippen LogP contribution < -0.4 is 5.32 Å². The number of hydrogen-bond donors (Lipinski definition) is 2. The molecule has 0 atom stereocenters. The van der Waals surface area contributed by atoms with E-state index in [0.717, 1.165) is 55.7 Å². The Morgan fingerprint density at radius 1 is 1.29 bits per heavy atom. The Kier molecular flexibility index (Phi) is 3.09. The van der Waals surface area contributed by atoms with Crippen LogP contribution in [-0.4, -0.2) is 38.5 Å². The lowest BCUT2D eigenvalue weighted by atomic mass is 9.93. The summed E-state index contributed by atoms with van der Waals surface area (Å²) in [4.78, 5) is 24.2. The molecule has 7 nitrogen and oxygen atoms in total. The Morgan fingerprint density at radius 3 is 2.92 bits per heavy atom. The van der Waals surface area contributed by atoms with Gasteiger partial charge in [0.25, 0.3) is 0 Å². The number of carbonyl (C=O) groups excluding carboxylic acids is 1. The molecule has 2 fully saturated rings. The molecule has 1 aliphatic carbocycles. The number of nitrogens with one attached hydrogen (secondary N) is 2. The molecule has 4 heterocycles. The quantitative estimate of drug-likeness (QED) is 0.775. The molecular formula is C17H19N5O2. The fourth-order valence-electron chi connectivity index (χ4n) is 3.51.